The maximum atomic E-state index is 5.93. The van der Waals surface area contributed by atoms with Crippen LogP contribution in [0.15, 0.2) is 0 Å². The summed E-state index contributed by atoms with van der Waals surface area (Å²) >= 11 is 5.93. The number of hydrogen-bond donors (Lipinski definition) is 0. The third-order valence-electron chi connectivity index (χ3n) is 3.11. The monoisotopic (exact) mass is 188 g/mol. The first-order valence-corrected chi connectivity index (χ1v) is 5.76. The molecule has 1 heteroatoms. The van der Waals surface area contributed by atoms with Crippen molar-refractivity contribution in [3.63, 3.8) is 0 Å². The molecule has 12 heavy (non-hydrogen) atoms. The Balaban J connectivity index is 2.09. The average molecular weight is 189 g/mol. The second kappa shape index (κ2) is 5.11. The van der Waals surface area contributed by atoms with E-state index in [1.807, 2.05) is 0 Å². The van der Waals surface area contributed by atoms with Crippen LogP contribution in [0.1, 0.15) is 52.4 Å². The van der Waals surface area contributed by atoms with Crippen LogP contribution in [0.5, 0.6) is 0 Å². The van der Waals surface area contributed by atoms with Gasteiger partial charge in [-0.15, -0.1) is 11.6 Å². The zero-order valence-corrected chi connectivity index (χ0v) is 9.11. The van der Waals surface area contributed by atoms with Crippen molar-refractivity contribution < 1.29 is 0 Å². The van der Waals surface area contributed by atoms with Crippen molar-refractivity contribution in [1.82, 2.24) is 0 Å². The van der Waals surface area contributed by atoms with Crippen LogP contribution in [0.2, 0.25) is 0 Å². The molecule has 1 fully saturated rings. The molecule has 1 atom stereocenters. The largest absolute Gasteiger partial charge is 0.123 e. The lowest BCUT2D eigenvalue weighted by Gasteiger charge is -2.26. The van der Waals surface area contributed by atoms with E-state index in [2.05, 4.69) is 13.8 Å². The molecule has 1 rings (SSSR count). The Labute approximate surface area is 81.7 Å². The number of halogens is 1. The quantitative estimate of drug-likeness (QED) is 0.582. The van der Waals surface area contributed by atoms with Gasteiger partial charge < -0.3 is 0 Å². The smallest absolute Gasteiger partial charge is 0.0307 e. The maximum Gasteiger partial charge on any atom is 0.0307 e. The van der Waals surface area contributed by atoms with Gasteiger partial charge in [-0.2, -0.15) is 0 Å². The maximum absolute atomic E-state index is 5.93. The van der Waals surface area contributed by atoms with Crippen molar-refractivity contribution in [3.8, 4) is 0 Å². The fourth-order valence-corrected chi connectivity index (χ4v) is 2.21. The Hall–Kier alpha value is 0.290. The number of rotatable bonds is 3. The van der Waals surface area contributed by atoms with Gasteiger partial charge in [0.2, 0.25) is 0 Å². The van der Waals surface area contributed by atoms with E-state index in [9.17, 15) is 0 Å². The van der Waals surface area contributed by atoms with Crippen molar-refractivity contribution in [3.05, 3.63) is 0 Å². The molecule has 1 saturated carbocycles. The summed E-state index contributed by atoms with van der Waals surface area (Å²) in [5.41, 5.74) is 0. The van der Waals surface area contributed by atoms with E-state index >= 15 is 0 Å². The SMILES string of the molecule is CC(Cl)CCC1CCC(C)CC1. The summed E-state index contributed by atoms with van der Waals surface area (Å²) in [5.74, 6) is 1.97. The van der Waals surface area contributed by atoms with E-state index in [0.717, 1.165) is 11.8 Å². The first-order chi connectivity index (χ1) is 5.68. The zero-order chi connectivity index (χ0) is 8.97. The molecular weight excluding hydrogens is 168 g/mol. The molecule has 0 aromatic rings. The summed E-state index contributed by atoms with van der Waals surface area (Å²) in [6.45, 7) is 4.48. The highest BCUT2D eigenvalue weighted by Gasteiger charge is 2.17. The molecular formula is C11H21Cl. The van der Waals surface area contributed by atoms with Gasteiger partial charge in [-0.3, -0.25) is 0 Å². The van der Waals surface area contributed by atoms with E-state index in [0.29, 0.717) is 5.38 Å². The minimum absolute atomic E-state index is 0.379. The highest BCUT2D eigenvalue weighted by Crippen LogP contribution is 2.31. The van der Waals surface area contributed by atoms with Gasteiger partial charge in [0.05, 0.1) is 0 Å². The van der Waals surface area contributed by atoms with E-state index in [4.69, 9.17) is 11.6 Å². The van der Waals surface area contributed by atoms with Crippen LogP contribution in [-0.4, -0.2) is 5.38 Å². The molecule has 72 valence electrons. The third kappa shape index (κ3) is 3.80. The van der Waals surface area contributed by atoms with Gasteiger partial charge in [-0.25, -0.2) is 0 Å². The molecule has 0 saturated heterocycles. The Morgan fingerprint density at radius 2 is 1.83 bits per heavy atom. The van der Waals surface area contributed by atoms with Crippen LogP contribution in [-0.2, 0) is 0 Å². The van der Waals surface area contributed by atoms with Gasteiger partial charge in [-0.05, 0) is 31.6 Å². The molecule has 1 unspecified atom stereocenters. The first kappa shape index (κ1) is 10.4. The van der Waals surface area contributed by atoms with Gasteiger partial charge in [0.15, 0.2) is 0 Å². The summed E-state index contributed by atoms with van der Waals surface area (Å²) in [6.07, 6.45) is 8.36. The standard InChI is InChI=1S/C11H21Cl/c1-9-3-6-11(7-4-9)8-5-10(2)12/h9-11H,3-8H2,1-2H3. The molecule has 0 aromatic carbocycles. The Bertz CT molecular complexity index is 112. The summed E-state index contributed by atoms with van der Waals surface area (Å²) in [6, 6.07) is 0. The molecule has 0 aromatic heterocycles. The Kier molecular flexibility index (Phi) is 4.42. The van der Waals surface area contributed by atoms with E-state index in [1.165, 1.54) is 38.5 Å². The minimum atomic E-state index is 0.379. The van der Waals surface area contributed by atoms with Crippen LogP contribution in [0, 0.1) is 11.8 Å². The van der Waals surface area contributed by atoms with Gasteiger partial charge in [0.25, 0.3) is 0 Å². The molecule has 0 N–H and O–H groups in total. The van der Waals surface area contributed by atoms with E-state index in [1.54, 1.807) is 0 Å². The predicted octanol–water partition coefficient (Wildman–Crippen LogP) is 4.22. The van der Waals surface area contributed by atoms with Gasteiger partial charge in [0.1, 0.15) is 0 Å². The van der Waals surface area contributed by atoms with Crippen LogP contribution in [0.4, 0.5) is 0 Å². The van der Waals surface area contributed by atoms with Crippen LogP contribution >= 0.6 is 11.6 Å². The Morgan fingerprint density at radius 3 is 2.33 bits per heavy atom. The second-order valence-electron chi connectivity index (χ2n) is 4.48. The second-order valence-corrected chi connectivity index (χ2v) is 5.23. The van der Waals surface area contributed by atoms with Crippen molar-refractivity contribution >= 4 is 11.6 Å². The molecule has 0 aliphatic heterocycles. The van der Waals surface area contributed by atoms with E-state index in [-0.39, 0.29) is 0 Å². The minimum Gasteiger partial charge on any atom is -0.123 e. The predicted molar refractivity (Wildman–Crippen MR) is 55.7 cm³/mol. The van der Waals surface area contributed by atoms with Crippen molar-refractivity contribution in [2.24, 2.45) is 11.8 Å². The van der Waals surface area contributed by atoms with Crippen molar-refractivity contribution in [2.75, 3.05) is 0 Å². The molecule has 1 aliphatic carbocycles. The zero-order valence-electron chi connectivity index (χ0n) is 8.35. The first-order valence-electron chi connectivity index (χ1n) is 5.32. The molecule has 1 aliphatic rings. The molecule has 0 nitrogen and oxygen atoms in total. The molecule has 0 amide bonds. The highest BCUT2D eigenvalue weighted by molar-refractivity contribution is 6.20. The molecule has 0 heterocycles. The fraction of sp³-hybridized carbons (Fsp3) is 1.00. The summed E-state index contributed by atoms with van der Waals surface area (Å²) in [5, 5.41) is 0.379. The lowest BCUT2D eigenvalue weighted by molar-refractivity contribution is 0.273. The van der Waals surface area contributed by atoms with Gasteiger partial charge in [0, 0.05) is 5.38 Å². The van der Waals surface area contributed by atoms with Crippen molar-refractivity contribution in [2.45, 2.75) is 57.7 Å². The normalized spacial score (nSPS) is 33.2. The van der Waals surface area contributed by atoms with Crippen LogP contribution in [0.3, 0.4) is 0 Å². The fourth-order valence-electron chi connectivity index (χ4n) is 2.08. The number of alkyl halides is 1. The lowest BCUT2D eigenvalue weighted by Crippen LogP contribution is -2.13. The topological polar surface area (TPSA) is 0 Å². The van der Waals surface area contributed by atoms with Gasteiger partial charge in [-0.1, -0.05) is 32.6 Å². The molecule has 0 radical (unpaired) electrons. The Morgan fingerprint density at radius 1 is 1.25 bits per heavy atom. The summed E-state index contributed by atoms with van der Waals surface area (Å²) < 4.78 is 0. The number of hydrogen-bond acceptors (Lipinski definition) is 0. The van der Waals surface area contributed by atoms with Crippen LogP contribution in [0.25, 0.3) is 0 Å². The highest BCUT2D eigenvalue weighted by atomic mass is 35.5. The molecule has 0 bridgehead atoms. The molecule has 0 spiro atoms. The third-order valence-corrected chi connectivity index (χ3v) is 3.33. The summed E-state index contributed by atoms with van der Waals surface area (Å²) in [4.78, 5) is 0. The average Bonchev–Trinajstić information content (AvgIpc) is 2.03. The van der Waals surface area contributed by atoms with Crippen molar-refractivity contribution in [1.29, 1.82) is 0 Å². The van der Waals surface area contributed by atoms with E-state index < -0.39 is 0 Å². The summed E-state index contributed by atoms with van der Waals surface area (Å²) in [7, 11) is 0. The van der Waals surface area contributed by atoms with Crippen LogP contribution < -0.4 is 0 Å². The lowest BCUT2D eigenvalue weighted by atomic mass is 9.81. The van der Waals surface area contributed by atoms with Gasteiger partial charge >= 0.3 is 0 Å².